The van der Waals surface area contributed by atoms with Crippen LogP contribution in [0.5, 0.6) is 0 Å². The lowest BCUT2D eigenvalue weighted by molar-refractivity contribution is -0.119. The zero-order valence-electron chi connectivity index (χ0n) is 11.4. The maximum absolute atomic E-state index is 11.4. The fourth-order valence-corrected chi connectivity index (χ4v) is 1.45. The molecule has 0 unspecified atom stereocenters. The van der Waals surface area contributed by atoms with E-state index < -0.39 is 0 Å². The van der Waals surface area contributed by atoms with Crippen molar-refractivity contribution in [2.45, 2.75) is 40.5 Å². The minimum atomic E-state index is 0.0721. The van der Waals surface area contributed by atoms with Crippen LogP contribution in [0, 0.1) is 5.92 Å². The molecule has 0 saturated carbocycles. The van der Waals surface area contributed by atoms with E-state index in [-0.39, 0.29) is 11.7 Å². The summed E-state index contributed by atoms with van der Waals surface area (Å²) in [4.78, 5) is 11.4. The smallest absolute Gasteiger partial charge is 0.136 e. The summed E-state index contributed by atoms with van der Waals surface area (Å²) in [6, 6.07) is 0. The number of hydrogen-bond donors (Lipinski definition) is 0. The SMILES string of the molecule is C/C=C/C=C\C=C(C)\C=C/[C@@H](CCC)C(C)=O. The van der Waals surface area contributed by atoms with Gasteiger partial charge in [-0.2, -0.15) is 0 Å². The summed E-state index contributed by atoms with van der Waals surface area (Å²) in [5.41, 5.74) is 1.16. The van der Waals surface area contributed by atoms with Crippen molar-refractivity contribution < 1.29 is 4.79 Å². The first-order valence-corrected chi connectivity index (χ1v) is 6.26. The predicted molar refractivity (Wildman–Crippen MR) is 75.9 cm³/mol. The van der Waals surface area contributed by atoms with Gasteiger partial charge in [-0.15, -0.1) is 0 Å². The summed E-state index contributed by atoms with van der Waals surface area (Å²) in [5.74, 6) is 0.322. The molecule has 1 heteroatoms. The molecule has 0 spiro atoms. The fraction of sp³-hybridized carbons (Fsp3) is 0.438. The Morgan fingerprint density at radius 3 is 2.41 bits per heavy atom. The lowest BCUT2D eigenvalue weighted by atomic mass is 9.98. The first-order valence-electron chi connectivity index (χ1n) is 6.26. The minimum Gasteiger partial charge on any atom is -0.299 e. The maximum Gasteiger partial charge on any atom is 0.136 e. The van der Waals surface area contributed by atoms with Crippen LogP contribution in [-0.4, -0.2) is 5.78 Å². The molecule has 0 heterocycles. The maximum atomic E-state index is 11.4. The third-order valence-electron chi connectivity index (χ3n) is 2.49. The average molecular weight is 232 g/mol. The summed E-state index contributed by atoms with van der Waals surface area (Å²) in [7, 11) is 0. The molecule has 0 N–H and O–H groups in total. The van der Waals surface area contributed by atoms with Crippen molar-refractivity contribution in [1.29, 1.82) is 0 Å². The lowest BCUT2D eigenvalue weighted by Gasteiger charge is -2.06. The van der Waals surface area contributed by atoms with Gasteiger partial charge < -0.3 is 0 Å². The number of allylic oxidation sites excluding steroid dienone is 8. The molecule has 1 atom stereocenters. The van der Waals surface area contributed by atoms with E-state index in [1.807, 2.05) is 56.4 Å². The monoisotopic (exact) mass is 232 g/mol. The topological polar surface area (TPSA) is 17.1 Å². The average Bonchev–Trinajstić information content (AvgIpc) is 2.29. The standard InChI is InChI=1S/C16H24O/c1-5-7-8-9-11-14(3)12-13-16(10-6-2)15(4)17/h5,7-9,11-13,16H,6,10H2,1-4H3/b7-5+,9-8-,13-12-,14-11+/t16-/m1/s1. The van der Waals surface area contributed by atoms with Crippen LogP contribution in [0.4, 0.5) is 0 Å². The Kier molecular flexibility index (Phi) is 9.04. The number of ketones is 1. The highest BCUT2D eigenvalue weighted by Gasteiger charge is 2.07. The summed E-state index contributed by atoms with van der Waals surface area (Å²) in [6.07, 6.45) is 16.0. The molecule has 0 aromatic rings. The molecule has 0 aliphatic heterocycles. The second-order valence-corrected chi connectivity index (χ2v) is 4.19. The van der Waals surface area contributed by atoms with Crippen LogP contribution in [0.2, 0.25) is 0 Å². The number of rotatable bonds is 7. The van der Waals surface area contributed by atoms with E-state index in [1.165, 1.54) is 0 Å². The molecule has 0 aliphatic carbocycles. The van der Waals surface area contributed by atoms with Crippen LogP contribution in [0.25, 0.3) is 0 Å². The van der Waals surface area contributed by atoms with Gasteiger partial charge in [-0.1, -0.05) is 61.4 Å². The van der Waals surface area contributed by atoms with Crippen molar-refractivity contribution in [3.8, 4) is 0 Å². The van der Waals surface area contributed by atoms with Gasteiger partial charge in [-0.25, -0.2) is 0 Å². The summed E-state index contributed by atoms with van der Waals surface area (Å²) in [5, 5.41) is 0. The molecule has 0 amide bonds. The Morgan fingerprint density at radius 1 is 1.18 bits per heavy atom. The van der Waals surface area contributed by atoms with Gasteiger partial charge in [0.05, 0.1) is 0 Å². The van der Waals surface area contributed by atoms with E-state index in [4.69, 9.17) is 0 Å². The van der Waals surface area contributed by atoms with Crippen molar-refractivity contribution in [3.63, 3.8) is 0 Å². The van der Waals surface area contributed by atoms with Gasteiger partial charge in [0.1, 0.15) is 5.78 Å². The molecule has 0 rings (SSSR count). The molecule has 0 aromatic carbocycles. The first kappa shape index (κ1) is 15.6. The molecule has 0 fully saturated rings. The van der Waals surface area contributed by atoms with Crippen LogP contribution in [0.3, 0.4) is 0 Å². The molecule has 17 heavy (non-hydrogen) atoms. The van der Waals surface area contributed by atoms with Gasteiger partial charge >= 0.3 is 0 Å². The predicted octanol–water partition coefficient (Wildman–Crippen LogP) is 4.63. The van der Waals surface area contributed by atoms with Crippen LogP contribution < -0.4 is 0 Å². The summed E-state index contributed by atoms with van der Waals surface area (Å²) < 4.78 is 0. The first-order chi connectivity index (χ1) is 8.11. The zero-order valence-corrected chi connectivity index (χ0v) is 11.4. The van der Waals surface area contributed by atoms with Gasteiger partial charge in [-0.05, 0) is 27.2 Å². The summed E-state index contributed by atoms with van der Waals surface area (Å²) in [6.45, 7) is 7.80. The Morgan fingerprint density at radius 2 is 1.88 bits per heavy atom. The Balaban J connectivity index is 4.42. The quantitative estimate of drug-likeness (QED) is 0.585. The second kappa shape index (κ2) is 9.83. The molecule has 0 radical (unpaired) electrons. The van der Waals surface area contributed by atoms with E-state index in [2.05, 4.69) is 6.92 Å². The van der Waals surface area contributed by atoms with Crippen molar-refractivity contribution >= 4 is 5.78 Å². The Bertz CT molecular complexity index is 329. The molecule has 94 valence electrons. The van der Waals surface area contributed by atoms with E-state index in [0.717, 1.165) is 18.4 Å². The molecular formula is C16H24O. The Hall–Kier alpha value is -1.37. The third-order valence-corrected chi connectivity index (χ3v) is 2.49. The molecule has 0 bridgehead atoms. The van der Waals surface area contributed by atoms with Gasteiger partial charge in [0.2, 0.25) is 0 Å². The van der Waals surface area contributed by atoms with Crippen molar-refractivity contribution in [2.75, 3.05) is 0 Å². The normalized spacial score (nSPS) is 15.2. The van der Waals surface area contributed by atoms with E-state index >= 15 is 0 Å². The molecular weight excluding hydrogens is 208 g/mol. The second-order valence-electron chi connectivity index (χ2n) is 4.19. The van der Waals surface area contributed by atoms with E-state index in [1.54, 1.807) is 6.92 Å². The highest BCUT2D eigenvalue weighted by atomic mass is 16.1. The largest absolute Gasteiger partial charge is 0.299 e. The summed E-state index contributed by atoms with van der Waals surface area (Å²) >= 11 is 0. The van der Waals surface area contributed by atoms with Gasteiger partial charge in [0.25, 0.3) is 0 Å². The highest BCUT2D eigenvalue weighted by molar-refractivity contribution is 5.80. The fourth-order valence-electron chi connectivity index (χ4n) is 1.45. The Labute approximate surface area is 106 Å². The van der Waals surface area contributed by atoms with Gasteiger partial charge in [-0.3, -0.25) is 4.79 Å². The van der Waals surface area contributed by atoms with Crippen molar-refractivity contribution in [2.24, 2.45) is 5.92 Å². The van der Waals surface area contributed by atoms with Crippen LogP contribution in [-0.2, 0) is 4.79 Å². The number of hydrogen-bond acceptors (Lipinski definition) is 1. The number of Topliss-reactive ketones (excluding diaryl/α,β-unsaturated/α-hetero) is 1. The van der Waals surface area contributed by atoms with Crippen molar-refractivity contribution in [3.05, 3.63) is 48.1 Å². The minimum absolute atomic E-state index is 0.0721. The number of carbonyl (C=O) groups excluding carboxylic acids is 1. The molecule has 0 saturated heterocycles. The highest BCUT2D eigenvalue weighted by Crippen LogP contribution is 2.11. The molecule has 0 aliphatic rings. The zero-order chi connectivity index (χ0) is 13.1. The van der Waals surface area contributed by atoms with Crippen molar-refractivity contribution in [1.82, 2.24) is 0 Å². The lowest BCUT2D eigenvalue weighted by Crippen LogP contribution is -2.07. The third kappa shape index (κ3) is 8.44. The van der Waals surface area contributed by atoms with Gasteiger partial charge in [0, 0.05) is 5.92 Å². The van der Waals surface area contributed by atoms with E-state index in [9.17, 15) is 4.79 Å². The number of carbonyl (C=O) groups is 1. The van der Waals surface area contributed by atoms with Crippen LogP contribution in [0.1, 0.15) is 40.5 Å². The van der Waals surface area contributed by atoms with Crippen LogP contribution in [0.15, 0.2) is 48.1 Å². The van der Waals surface area contributed by atoms with Gasteiger partial charge in [0.15, 0.2) is 0 Å². The van der Waals surface area contributed by atoms with Crippen LogP contribution >= 0.6 is 0 Å². The van der Waals surface area contributed by atoms with E-state index in [0.29, 0.717) is 0 Å². The molecule has 1 nitrogen and oxygen atoms in total. The molecule has 0 aromatic heterocycles.